The first-order valence-corrected chi connectivity index (χ1v) is 4.34. The van der Waals surface area contributed by atoms with Gasteiger partial charge in [0.05, 0.1) is 13.2 Å². The second kappa shape index (κ2) is 4.50. The fourth-order valence-electron chi connectivity index (χ4n) is 1.32. The maximum absolute atomic E-state index is 10.7. The average Bonchev–Trinajstić information content (AvgIpc) is 2.16. The van der Waals surface area contributed by atoms with Crippen LogP contribution < -0.4 is 15.8 Å². The van der Waals surface area contributed by atoms with E-state index < -0.39 is 6.03 Å². The van der Waals surface area contributed by atoms with E-state index in [9.17, 15) is 4.79 Å². The third-order valence-corrected chi connectivity index (χ3v) is 1.96. The van der Waals surface area contributed by atoms with E-state index in [1.54, 1.807) is 7.11 Å². The van der Waals surface area contributed by atoms with Gasteiger partial charge in [0.15, 0.2) is 0 Å². The van der Waals surface area contributed by atoms with Crippen LogP contribution in [0.1, 0.15) is 18.5 Å². The summed E-state index contributed by atoms with van der Waals surface area (Å²) >= 11 is 0. The Morgan fingerprint density at radius 1 is 1.50 bits per heavy atom. The minimum Gasteiger partial charge on any atom is -0.496 e. The van der Waals surface area contributed by atoms with Gasteiger partial charge in [0.1, 0.15) is 5.75 Å². The molecule has 14 heavy (non-hydrogen) atoms. The number of rotatable bonds is 3. The molecule has 0 saturated heterocycles. The van der Waals surface area contributed by atoms with E-state index in [4.69, 9.17) is 10.5 Å². The Hall–Kier alpha value is -1.71. The van der Waals surface area contributed by atoms with Gasteiger partial charge in [-0.2, -0.15) is 0 Å². The van der Waals surface area contributed by atoms with Crippen molar-refractivity contribution in [2.75, 3.05) is 7.11 Å². The molecular formula is C10H14N2O2. The number of hydrogen-bond donors (Lipinski definition) is 2. The zero-order valence-corrected chi connectivity index (χ0v) is 8.28. The first kappa shape index (κ1) is 10.4. The maximum atomic E-state index is 10.7. The highest BCUT2D eigenvalue weighted by atomic mass is 16.5. The van der Waals surface area contributed by atoms with Crippen LogP contribution in [0.25, 0.3) is 0 Å². The number of urea groups is 1. The van der Waals surface area contributed by atoms with Gasteiger partial charge in [-0.25, -0.2) is 4.79 Å². The Labute approximate surface area is 83.1 Å². The molecular weight excluding hydrogens is 180 g/mol. The van der Waals surface area contributed by atoms with Crippen LogP contribution in [0.3, 0.4) is 0 Å². The molecule has 0 unspecified atom stereocenters. The third kappa shape index (κ3) is 2.39. The highest BCUT2D eigenvalue weighted by Crippen LogP contribution is 2.23. The lowest BCUT2D eigenvalue weighted by molar-refractivity contribution is 0.246. The molecule has 1 aromatic carbocycles. The van der Waals surface area contributed by atoms with E-state index in [0.717, 1.165) is 11.3 Å². The molecule has 0 radical (unpaired) electrons. The van der Waals surface area contributed by atoms with E-state index in [0.29, 0.717) is 0 Å². The molecule has 0 bridgehead atoms. The molecule has 76 valence electrons. The van der Waals surface area contributed by atoms with Crippen LogP contribution in [-0.2, 0) is 0 Å². The number of nitrogens with one attached hydrogen (secondary N) is 1. The van der Waals surface area contributed by atoms with Crippen molar-refractivity contribution in [1.82, 2.24) is 5.32 Å². The summed E-state index contributed by atoms with van der Waals surface area (Å²) in [6, 6.07) is 6.80. The van der Waals surface area contributed by atoms with Crippen LogP contribution in [0.15, 0.2) is 24.3 Å². The van der Waals surface area contributed by atoms with E-state index in [1.165, 1.54) is 0 Å². The number of carbonyl (C=O) groups excluding carboxylic acids is 1. The Morgan fingerprint density at radius 2 is 2.14 bits per heavy atom. The average molecular weight is 194 g/mol. The van der Waals surface area contributed by atoms with Gasteiger partial charge in [0, 0.05) is 5.56 Å². The number of nitrogens with two attached hydrogens (primary N) is 1. The summed E-state index contributed by atoms with van der Waals surface area (Å²) in [6.07, 6.45) is 0. The molecule has 0 aromatic heterocycles. The summed E-state index contributed by atoms with van der Waals surface area (Å²) in [7, 11) is 1.59. The molecule has 3 N–H and O–H groups in total. The molecule has 2 amide bonds. The van der Waals surface area contributed by atoms with Gasteiger partial charge < -0.3 is 15.8 Å². The first-order valence-electron chi connectivity index (χ1n) is 4.34. The van der Waals surface area contributed by atoms with Crippen molar-refractivity contribution >= 4 is 6.03 Å². The van der Waals surface area contributed by atoms with Crippen LogP contribution in [0.5, 0.6) is 5.75 Å². The lowest BCUT2D eigenvalue weighted by atomic mass is 10.1. The molecule has 0 fully saturated rings. The van der Waals surface area contributed by atoms with Gasteiger partial charge in [0.2, 0.25) is 0 Å². The van der Waals surface area contributed by atoms with Crippen molar-refractivity contribution in [3.63, 3.8) is 0 Å². The first-order chi connectivity index (χ1) is 6.65. The Morgan fingerprint density at radius 3 is 2.71 bits per heavy atom. The molecule has 4 nitrogen and oxygen atoms in total. The highest BCUT2D eigenvalue weighted by molar-refractivity contribution is 5.72. The number of primary amides is 1. The van der Waals surface area contributed by atoms with Gasteiger partial charge in [-0.3, -0.25) is 0 Å². The second-order valence-corrected chi connectivity index (χ2v) is 2.97. The minimum atomic E-state index is -0.539. The summed E-state index contributed by atoms with van der Waals surface area (Å²) in [4.78, 5) is 10.7. The van der Waals surface area contributed by atoms with Crippen molar-refractivity contribution in [2.24, 2.45) is 5.73 Å². The third-order valence-electron chi connectivity index (χ3n) is 1.96. The Kier molecular flexibility index (Phi) is 3.34. The predicted octanol–water partition coefficient (Wildman–Crippen LogP) is 1.42. The quantitative estimate of drug-likeness (QED) is 0.764. The SMILES string of the molecule is COc1ccccc1[C@@H](C)NC(N)=O. The van der Waals surface area contributed by atoms with E-state index in [1.807, 2.05) is 31.2 Å². The van der Waals surface area contributed by atoms with Crippen LogP contribution in [0.4, 0.5) is 4.79 Å². The van der Waals surface area contributed by atoms with Gasteiger partial charge in [-0.05, 0) is 13.0 Å². The van der Waals surface area contributed by atoms with E-state index in [2.05, 4.69) is 5.32 Å². The zero-order valence-electron chi connectivity index (χ0n) is 8.28. The van der Waals surface area contributed by atoms with Gasteiger partial charge in [-0.1, -0.05) is 18.2 Å². The number of hydrogen-bond acceptors (Lipinski definition) is 2. The topological polar surface area (TPSA) is 64.3 Å². The maximum Gasteiger partial charge on any atom is 0.312 e. The standard InChI is InChI=1S/C10H14N2O2/c1-7(12-10(11)13)8-5-3-4-6-9(8)14-2/h3-7H,1-2H3,(H3,11,12,13)/t7-/m1/s1. The lowest BCUT2D eigenvalue weighted by Gasteiger charge is -2.15. The van der Waals surface area contributed by atoms with Crippen molar-refractivity contribution < 1.29 is 9.53 Å². The van der Waals surface area contributed by atoms with E-state index >= 15 is 0 Å². The number of amides is 2. The number of ether oxygens (including phenoxy) is 1. The van der Waals surface area contributed by atoms with Crippen molar-refractivity contribution in [3.05, 3.63) is 29.8 Å². The van der Waals surface area contributed by atoms with Crippen LogP contribution in [0.2, 0.25) is 0 Å². The fraction of sp³-hybridized carbons (Fsp3) is 0.300. The highest BCUT2D eigenvalue weighted by Gasteiger charge is 2.11. The molecule has 0 aliphatic rings. The lowest BCUT2D eigenvalue weighted by Crippen LogP contribution is -2.31. The number of methoxy groups -OCH3 is 1. The fourth-order valence-corrected chi connectivity index (χ4v) is 1.32. The van der Waals surface area contributed by atoms with E-state index in [-0.39, 0.29) is 6.04 Å². The molecule has 1 rings (SSSR count). The molecule has 4 heteroatoms. The van der Waals surface area contributed by atoms with Gasteiger partial charge >= 0.3 is 6.03 Å². The van der Waals surface area contributed by atoms with Crippen LogP contribution in [0, 0.1) is 0 Å². The molecule has 0 heterocycles. The zero-order chi connectivity index (χ0) is 10.6. The minimum absolute atomic E-state index is 0.149. The molecule has 0 aliphatic carbocycles. The summed E-state index contributed by atoms with van der Waals surface area (Å²) in [5.41, 5.74) is 5.94. The largest absolute Gasteiger partial charge is 0.496 e. The summed E-state index contributed by atoms with van der Waals surface area (Å²) in [5, 5.41) is 2.59. The summed E-state index contributed by atoms with van der Waals surface area (Å²) < 4.78 is 5.16. The van der Waals surface area contributed by atoms with Gasteiger partial charge in [-0.15, -0.1) is 0 Å². The molecule has 0 saturated carbocycles. The number of carbonyl (C=O) groups is 1. The summed E-state index contributed by atoms with van der Waals surface area (Å²) in [6.45, 7) is 1.85. The number of benzene rings is 1. The molecule has 1 aromatic rings. The molecule has 0 spiro atoms. The Bertz CT molecular complexity index is 326. The summed E-state index contributed by atoms with van der Waals surface area (Å²) in [5.74, 6) is 0.744. The molecule has 0 aliphatic heterocycles. The monoisotopic (exact) mass is 194 g/mol. The van der Waals surface area contributed by atoms with Crippen molar-refractivity contribution in [3.8, 4) is 5.75 Å². The normalized spacial score (nSPS) is 11.9. The molecule has 1 atom stereocenters. The van der Waals surface area contributed by atoms with Crippen LogP contribution >= 0.6 is 0 Å². The van der Waals surface area contributed by atoms with Crippen molar-refractivity contribution in [2.45, 2.75) is 13.0 Å². The number of para-hydroxylation sites is 1. The van der Waals surface area contributed by atoms with Crippen molar-refractivity contribution in [1.29, 1.82) is 0 Å². The second-order valence-electron chi connectivity index (χ2n) is 2.97. The predicted molar refractivity (Wildman–Crippen MR) is 54.1 cm³/mol. The Balaban J connectivity index is 2.87. The van der Waals surface area contributed by atoms with Crippen LogP contribution in [-0.4, -0.2) is 13.1 Å². The van der Waals surface area contributed by atoms with Gasteiger partial charge in [0.25, 0.3) is 0 Å². The smallest absolute Gasteiger partial charge is 0.312 e.